The number of rotatable bonds is 8. The maximum Gasteiger partial charge on any atom is 0.223 e. The van der Waals surface area contributed by atoms with Gasteiger partial charge in [-0.15, -0.1) is 0 Å². The van der Waals surface area contributed by atoms with Crippen LogP contribution < -0.4 is 19.9 Å². The molecule has 2 aliphatic heterocycles. The first kappa shape index (κ1) is 21.8. The summed E-state index contributed by atoms with van der Waals surface area (Å²) in [5, 5.41) is 3.17. The van der Waals surface area contributed by atoms with E-state index in [-0.39, 0.29) is 11.8 Å². The molecule has 3 N–H and O–H groups in total. The van der Waals surface area contributed by atoms with Crippen LogP contribution in [0.2, 0.25) is 0 Å². The van der Waals surface area contributed by atoms with E-state index in [0.29, 0.717) is 0 Å². The highest BCUT2D eigenvalue weighted by Gasteiger charge is 2.27. The topological polar surface area (TPSA) is 56.4 Å². The van der Waals surface area contributed by atoms with Crippen molar-refractivity contribution in [2.75, 3.05) is 52.5 Å². The number of amides is 1. The lowest BCUT2D eigenvalue weighted by Gasteiger charge is -2.29. The standard InChI is InChI=1S/C25H33N3O3/c29-25(26-11-14-27-15-17-30-18-16-27)22-9-12-28(13-10-22)20-21-5-4-8-24(19-21)31-23-6-2-1-3-7-23/h1-8,19,22H,9-18,20H2,(H,26,29)/p+2. The second-order valence-corrected chi connectivity index (χ2v) is 8.67. The minimum absolute atomic E-state index is 0.163. The first-order valence-electron chi connectivity index (χ1n) is 11.6. The number of ether oxygens (including phenoxy) is 2. The normalized spacial score (nSPS) is 22.1. The van der Waals surface area contributed by atoms with Crippen LogP contribution in [-0.2, 0) is 16.1 Å². The Morgan fingerprint density at radius 3 is 2.45 bits per heavy atom. The molecule has 0 atom stereocenters. The summed E-state index contributed by atoms with van der Waals surface area (Å²) in [5.41, 5.74) is 1.28. The summed E-state index contributed by atoms with van der Waals surface area (Å²) < 4.78 is 11.4. The number of quaternary nitrogens is 2. The summed E-state index contributed by atoms with van der Waals surface area (Å²) in [5.74, 6) is 2.13. The number of morpholine rings is 1. The van der Waals surface area contributed by atoms with Crippen molar-refractivity contribution < 1.29 is 24.1 Å². The second-order valence-electron chi connectivity index (χ2n) is 8.67. The van der Waals surface area contributed by atoms with Gasteiger partial charge in [0.1, 0.15) is 31.1 Å². The first-order valence-corrected chi connectivity index (χ1v) is 11.6. The fraction of sp³-hybridized carbons (Fsp3) is 0.480. The van der Waals surface area contributed by atoms with Gasteiger partial charge in [-0.25, -0.2) is 0 Å². The highest BCUT2D eigenvalue weighted by Crippen LogP contribution is 2.21. The number of nitrogens with one attached hydrogen (secondary N) is 3. The number of hydrogen-bond acceptors (Lipinski definition) is 3. The Hall–Kier alpha value is -2.41. The average molecular weight is 426 g/mol. The molecule has 2 saturated heterocycles. The van der Waals surface area contributed by atoms with Gasteiger partial charge in [0.05, 0.1) is 39.4 Å². The summed E-state index contributed by atoms with van der Waals surface area (Å²) in [6.45, 7) is 8.60. The third-order valence-electron chi connectivity index (χ3n) is 6.37. The van der Waals surface area contributed by atoms with Crippen molar-refractivity contribution in [1.29, 1.82) is 0 Å². The fourth-order valence-electron chi connectivity index (χ4n) is 4.51. The van der Waals surface area contributed by atoms with E-state index in [9.17, 15) is 4.79 Å². The molecule has 4 rings (SSSR count). The summed E-state index contributed by atoms with van der Waals surface area (Å²) in [6.07, 6.45) is 1.93. The monoisotopic (exact) mass is 425 g/mol. The molecule has 0 radical (unpaired) electrons. The van der Waals surface area contributed by atoms with Crippen molar-refractivity contribution in [3.8, 4) is 11.5 Å². The maximum atomic E-state index is 12.6. The van der Waals surface area contributed by atoms with Crippen LogP contribution in [0.5, 0.6) is 11.5 Å². The molecule has 0 bridgehead atoms. The minimum atomic E-state index is 0.163. The zero-order valence-electron chi connectivity index (χ0n) is 18.3. The predicted octanol–water partition coefficient (Wildman–Crippen LogP) is 0.305. The highest BCUT2D eigenvalue weighted by atomic mass is 16.5. The lowest BCUT2D eigenvalue weighted by molar-refractivity contribution is -0.919. The van der Waals surface area contributed by atoms with Crippen LogP contribution in [0, 0.1) is 5.92 Å². The first-order chi connectivity index (χ1) is 15.3. The third kappa shape index (κ3) is 6.79. The van der Waals surface area contributed by atoms with Crippen molar-refractivity contribution in [2.24, 2.45) is 5.92 Å². The number of carbonyl (C=O) groups is 1. The molecule has 2 aliphatic rings. The second kappa shape index (κ2) is 11.3. The SMILES string of the molecule is O=C(NCC[NH+]1CCOCC1)C1CC[NH+](Cc2cccc(Oc3ccccc3)c2)CC1. The molecule has 0 unspecified atom stereocenters. The molecule has 31 heavy (non-hydrogen) atoms. The number of likely N-dealkylation sites (tertiary alicyclic amines) is 1. The molecular weight excluding hydrogens is 390 g/mol. The fourth-order valence-corrected chi connectivity index (χ4v) is 4.51. The Balaban J connectivity index is 1.18. The Kier molecular flexibility index (Phi) is 7.93. The third-order valence-corrected chi connectivity index (χ3v) is 6.37. The van der Waals surface area contributed by atoms with Gasteiger partial charge in [0, 0.05) is 24.3 Å². The molecule has 2 fully saturated rings. The van der Waals surface area contributed by atoms with Crippen molar-refractivity contribution >= 4 is 5.91 Å². The number of hydrogen-bond donors (Lipinski definition) is 3. The molecule has 2 heterocycles. The zero-order valence-corrected chi connectivity index (χ0v) is 18.3. The molecule has 6 nitrogen and oxygen atoms in total. The van der Waals surface area contributed by atoms with Crippen LogP contribution in [0.4, 0.5) is 0 Å². The largest absolute Gasteiger partial charge is 0.457 e. The Morgan fingerprint density at radius 1 is 0.935 bits per heavy atom. The summed E-state index contributed by atoms with van der Waals surface area (Å²) in [7, 11) is 0. The van der Waals surface area contributed by atoms with Crippen LogP contribution in [0.25, 0.3) is 0 Å². The van der Waals surface area contributed by atoms with Gasteiger partial charge in [0.25, 0.3) is 0 Å². The summed E-state index contributed by atoms with van der Waals surface area (Å²) in [6, 6.07) is 18.2. The maximum absolute atomic E-state index is 12.6. The zero-order chi connectivity index (χ0) is 21.3. The molecule has 0 aliphatic carbocycles. The molecule has 0 saturated carbocycles. The predicted molar refractivity (Wildman–Crippen MR) is 119 cm³/mol. The van der Waals surface area contributed by atoms with E-state index in [1.54, 1.807) is 4.90 Å². The minimum Gasteiger partial charge on any atom is -0.457 e. The Morgan fingerprint density at radius 2 is 1.68 bits per heavy atom. The van der Waals surface area contributed by atoms with Gasteiger partial charge >= 0.3 is 0 Å². The highest BCUT2D eigenvalue weighted by molar-refractivity contribution is 5.78. The molecule has 0 spiro atoms. The van der Waals surface area contributed by atoms with E-state index < -0.39 is 0 Å². The molecule has 6 heteroatoms. The van der Waals surface area contributed by atoms with Gasteiger partial charge in [0.2, 0.25) is 5.91 Å². The molecular formula is C25H35N3O3+2. The van der Waals surface area contributed by atoms with Gasteiger partial charge in [-0.3, -0.25) is 4.79 Å². The molecule has 166 valence electrons. The Bertz CT molecular complexity index is 816. The van der Waals surface area contributed by atoms with Gasteiger partial charge in [-0.1, -0.05) is 30.3 Å². The van der Waals surface area contributed by atoms with Gasteiger partial charge in [-0.2, -0.15) is 0 Å². The lowest BCUT2D eigenvalue weighted by Crippen LogP contribution is -3.14. The van der Waals surface area contributed by atoms with E-state index in [2.05, 4.69) is 23.5 Å². The van der Waals surface area contributed by atoms with Crippen molar-refractivity contribution in [3.05, 3.63) is 60.2 Å². The number of para-hydroxylation sites is 1. The summed E-state index contributed by atoms with van der Waals surface area (Å²) in [4.78, 5) is 15.6. The summed E-state index contributed by atoms with van der Waals surface area (Å²) >= 11 is 0. The number of piperidine rings is 1. The van der Waals surface area contributed by atoms with Crippen LogP contribution >= 0.6 is 0 Å². The van der Waals surface area contributed by atoms with Crippen LogP contribution in [-0.4, -0.2) is 58.4 Å². The van der Waals surface area contributed by atoms with E-state index in [1.807, 2.05) is 36.4 Å². The van der Waals surface area contributed by atoms with E-state index in [0.717, 1.165) is 83.4 Å². The quantitative estimate of drug-likeness (QED) is 0.571. The van der Waals surface area contributed by atoms with Crippen LogP contribution in [0.3, 0.4) is 0 Å². The van der Waals surface area contributed by atoms with Gasteiger partial charge in [0.15, 0.2) is 0 Å². The van der Waals surface area contributed by atoms with E-state index >= 15 is 0 Å². The molecule has 0 aromatic heterocycles. The molecule has 1 amide bonds. The van der Waals surface area contributed by atoms with Gasteiger partial charge in [-0.05, 0) is 24.3 Å². The van der Waals surface area contributed by atoms with Crippen molar-refractivity contribution in [2.45, 2.75) is 19.4 Å². The smallest absolute Gasteiger partial charge is 0.223 e. The molecule has 2 aromatic carbocycles. The van der Waals surface area contributed by atoms with Crippen LogP contribution in [0.1, 0.15) is 18.4 Å². The van der Waals surface area contributed by atoms with E-state index in [1.165, 1.54) is 10.5 Å². The van der Waals surface area contributed by atoms with Crippen molar-refractivity contribution in [3.63, 3.8) is 0 Å². The average Bonchev–Trinajstić information content (AvgIpc) is 2.81. The van der Waals surface area contributed by atoms with Gasteiger partial charge < -0.3 is 24.6 Å². The van der Waals surface area contributed by atoms with Crippen LogP contribution in [0.15, 0.2) is 54.6 Å². The van der Waals surface area contributed by atoms with Crippen molar-refractivity contribution in [1.82, 2.24) is 5.32 Å². The lowest BCUT2D eigenvalue weighted by atomic mass is 9.95. The number of carbonyl (C=O) groups excluding carboxylic acids is 1. The number of benzene rings is 2. The van der Waals surface area contributed by atoms with E-state index in [4.69, 9.17) is 9.47 Å². The Labute approximate surface area is 185 Å². The molecule has 2 aromatic rings.